The smallest absolute Gasteiger partial charge is 0.315 e. The first-order valence-corrected chi connectivity index (χ1v) is 11.6. The number of aromatic hydroxyl groups is 1. The van der Waals surface area contributed by atoms with Gasteiger partial charge < -0.3 is 15.3 Å². The standard InChI is InChI=1S/C24H29FN6O/c25-20-15-28-24(32)30-23(20)29-18-6-4-16(5-7-18)12-17-13-19(31-10-2-1-3-11-31)14-21-22(17)27-9-8-26-21/h12-15,18H,1-11H2,(H2,28,29,30,32). The molecule has 7 nitrogen and oxygen atoms in total. The van der Waals surface area contributed by atoms with Gasteiger partial charge in [0.2, 0.25) is 0 Å². The number of fused-ring (bicyclic) bond motifs is 1. The van der Waals surface area contributed by atoms with Crippen LogP contribution in [0, 0.1) is 5.82 Å². The van der Waals surface area contributed by atoms with E-state index in [1.165, 1.54) is 36.1 Å². The van der Waals surface area contributed by atoms with E-state index in [1.807, 2.05) is 0 Å². The highest BCUT2D eigenvalue weighted by Gasteiger charge is 2.20. The molecule has 0 bridgehead atoms. The molecule has 0 spiro atoms. The zero-order valence-corrected chi connectivity index (χ0v) is 18.2. The van der Waals surface area contributed by atoms with Crippen LogP contribution in [0.4, 0.5) is 15.9 Å². The molecule has 5 rings (SSSR count). The van der Waals surface area contributed by atoms with E-state index in [0.29, 0.717) is 0 Å². The lowest BCUT2D eigenvalue weighted by atomic mass is 9.89. The fourth-order valence-electron chi connectivity index (χ4n) is 4.85. The molecule has 2 fully saturated rings. The fourth-order valence-corrected chi connectivity index (χ4v) is 4.85. The number of halogens is 1. The van der Waals surface area contributed by atoms with Crippen molar-refractivity contribution in [2.45, 2.75) is 51.0 Å². The predicted octanol–water partition coefficient (Wildman–Crippen LogP) is 3.00. The average Bonchev–Trinajstić information content (AvgIpc) is 2.83. The van der Waals surface area contributed by atoms with E-state index in [2.05, 4.69) is 38.4 Å². The molecule has 1 aromatic carbocycles. The Morgan fingerprint density at radius 2 is 1.84 bits per heavy atom. The number of hydrogen-bond acceptors (Lipinski definition) is 7. The number of rotatable bonds is 4. The summed E-state index contributed by atoms with van der Waals surface area (Å²) in [5.41, 5.74) is 3.80. The molecule has 32 heavy (non-hydrogen) atoms. The van der Waals surface area contributed by atoms with E-state index in [9.17, 15) is 9.50 Å². The number of nitrogens with zero attached hydrogens (tertiary/aromatic N) is 5. The number of benzene rings is 1. The van der Waals surface area contributed by atoms with Gasteiger partial charge in [-0.25, -0.2) is 9.37 Å². The third kappa shape index (κ3) is 4.59. The molecular weight excluding hydrogens is 407 g/mol. The first-order chi connectivity index (χ1) is 15.7. The second-order valence-electron chi connectivity index (χ2n) is 8.80. The molecule has 168 valence electrons. The van der Waals surface area contributed by atoms with Crippen molar-refractivity contribution in [1.82, 2.24) is 9.97 Å². The van der Waals surface area contributed by atoms with Crippen LogP contribution in [0.25, 0.3) is 6.08 Å². The predicted molar refractivity (Wildman–Crippen MR) is 122 cm³/mol. The van der Waals surface area contributed by atoms with Crippen molar-refractivity contribution in [3.63, 3.8) is 0 Å². The van der Waals surface area contributed by atoms with Gasteiger partial charge in [-0.1, -0.05) is 11.6 Å². The van der Waals surface area contributed by atoms with Crippen molar-refractivity contribution in [3.8, 4) is 6.01 Å². The number of hydrogen-bond donors (Lipinski definition) is 2. The van der Waals surface area contributed by atoms with Gasteiger partial charge in [0, 0.05) is 30.4 Å². The summed E-state index contributed by atoms with van der Waals surface area (Å²) < 4.78 is 13.9. The van der Waals surface area contributed by atoms with Gasteiger partial charge >= 0.3 is 6.01 Å². The van der Waals surface area contributed by atoms with Crippen molar-refractivity contribution < 1.29 is 9.50 Å². The lowest BCUT2D eigenvalue weighted by Crippen LogP contribution is -2.36. The highest BCUT2D eigenvalue weighted by Crippen LogP contribution is 2.28. The molecule has 8 heteroatoms. The highest BCUT2D eigenvalue weighted by molar-refractivity contribution is 5.60. The molecule has 1 saturated carbocycles. The Morgan fingerprint density at radius 3 is 2.66 bits per heavy atom. The zero-order valence-electron chi connectivity index (χ0n) is 18.2. The Bertz CT molecular complexity index is 1130. The molecule has 0 unspecified atom stereocenters. The number of aromatic nitrogens is 2. The highest BCUT2D eigenvalue weighted by atomic mass is 19.1. The van der Waals surface area contributed by atoms with Gasteiger partial charge in [0.15, 0.2) is 11.6 Å². The van der Waals surface area contributed by atoms with E-state index in [-0.39, 0.29) is 11.9 Å². The topological polar surface area (TPSA) is 86.0 Å². The van der Waals surface area contributed by atoms with Crippen LogP contribution >= 0.6 is 0 Å². The van der Waals surface area contributed by atoms with Crippen LogP contribution < -0.4 is 20.9 Å². The van der Waals surface area contributed by atoms with E-state index in [4.69, 9.17) is 9.98 Å². The lowest BCUT2D eigenvalue weighted by molar-refractivity contribution is 0.425. The fraction of sp³-hybridized carbons (Fsp3) is 0.500. The van der Waals surface area contributed by atoms with Gasteiger partial charge in [-0.3, -0.25) is 9.98 Å². The summed E-state index contributed by atoms with van der Waals surface area (Å²) in [5.74, 6) is -0.478. The van der Waals surface area contributed by atoms with Crippen molar-refractivity contribution >= 4 is 17.6 Å². The van der Waals surface area contributed by atoms with Crippen LogP contribution in [0.1, 0.15) is 50.5 Å². The van der Waals surface area contributed by atoms with Crippen LogP contribution in [0.2, 0.25) is 0 Å². The lowest BCUT2D eigenvalue weighted by Gasteiger charge is -2.29. The maximum absolute atomic E-state index is 13.9. The van der Waals surface area contributed by atoms with Crippen LogP contribution in [0.3, 0.4) is 0 Å². The molecule has 0 amide bonds. The number of nitrogens with one attached hydrogen (secondary N) is 1. The van der Waals surface area contributed by atoms with Gasteiger partial charge in [-0.15, -0.1) is 0 Å². The summed E-state index contributed by atoms with van der Waals surface area (Å²) in [6.07, 6.45) is 10.7. The second kappa shape index (κ2) is 9.22. The molecule has 2 N–H and O–H groups in total. The van der Waals surface area contributed by atoms with Crippen LogP contribution in [0.15, 0.2) is 33.9 Å². The van der Waals surface area contributed by atoms with Gasteiger partial charge in [0.25, 0.3) is 0 Å². The maximum Gasteiger partial charge on any atom is 0.315 e. The molecule has 3 aliphatic rings. The summed E-state index contributed by atoms with van der Waals surface area (Å²) >= 11 is 0. The third-order valence-electron chi connectivity index (χ3n) is 6.54. The van der Waals surface area contributed by atoms with Crippen molar-refractivity contribution in [2.75, 3.05) is 36.4 Å². The van der Waals surface area contributed by atoms with Crippen LogP contribution in [-0.4, -0.2) is 47.3 Å². The monoisotopic (exact) mass is 436 g/mol. The largest absolute Gasteiger partial charge is 0.479 e. The number of allylic oxidation sites excluding steroid dienone is 1. The van der Waals surface area contributed by atoms with E-state index < -0.39 is 11.8 Å². The number of piperidine rings is 1. The first-order valence-electron chi connectivity index (χ1n) is 11.6. The van der Waals surface area contributed by atoms with E-state index in [1.54, 1.807) is 0 Å². The van der Waals surface area contributed by atoms with Crippen LogP contribution in [-0.2, 0) is 0 Å². The third-order valence-corrected chi connectivity index (χ3v) is 6.54. The summed E-state index contributed by atoms with van der Waals surface area (Å²) in [6, 6.07) is 4.19. The maximum atomic E-state index is 13.9. The molecular formula is C24H29FN6O. The molecule has 2 aromatic rings. The Balaban J connectivity index is 1.34. The quantitative estimate of drug-likeness (QED) is 0.770. The normalized spacial score (nSPS) is 20.7. The SMILES string of the molecule is Oc1ncc(F)c(NC2CCC(=Cc3cc(N4CCCCC4)cc4c3=NCCN=4)CC2)n1. The van der Waals surface area contributed by atoms with Crippen molar-refractivity contribution in [2.24, 2.45) is 9.98 Å². The van der Waals surface area contributed by atoms with E-state index >= 15 is 0 Å². The van der Waals surface area contributed by atoms with Crippen molar-refractivity contribution in [1.29, 1.82) is 0 Å². The zero-order chi connectivity index (χ0) is 21.9. The average molecular weight is 437 g/mol. The second-order valence-corrected chi connectivity index (χ2v) is 8.80. The molecule has 1 aromatic heterocycles. The molecule has 0 atom stereocenters. The Hall–Kier alpha value is -3.03. The summed E-state index contributed by atoms with van der Waals surface area (Å²) in [5, 5.41) is 14.6. The summed E-state index contributed by atoms with van der Waals surface area (Å²) in [6.45, 7) is 3.72. The summed E-state index contributed by atoms with van der Waals surface area (Å²) in [4.78, 5) is 19.2. The molecule has 1 saturated heterocycles. The minimum atomic E-state index is -0.546. The summed E-state index contributed by atoms with van der Waals surface area (Å²) in [7, 11) is 0. The van der Waals surface area contributed by atoms with E-state index in [0.717, 1.165) is 68.8 Å². The van der Waals surface area contributed by atoms with Gasteiger partial charge in [0.05, 0.1) is 30.0 Å². The van der Waals surface area contributed by atoms with Gasteiger partial charge in [-0.2, -0.15) is 4.98 Å². The molecule has 3 heterocycles. The van der Waals surface area contributed by atoms with Gasteiger partial charge in [0.1, 0.15) is 0 Å². The minimum Gasteiger partial charge on any atom is -0.479 e. The minimum absolute atomic E-state index is 0.0682. The Labute approximate surface area is 186 Å². The Kier molecular flexibility index (Phi) is 6.01. The molecule has 2 aliphatic heterocycles. The molecule has 0 radical (unpaired) electrons. The van der Waals surface area contributed by atoms with Crippen LogP contribution in [0.5, 0.6) is 6.01 Å². The Morgan fingerprint density at radius 1 is 1.06 bits per heavy atom. The van der Waals surface area contributed by atoms with Crippen molar-refractivity contribution in [3.05, 3.63) is 46.0 Å². The molecule has 1 aliphatic carbocycles. The number of anilines is 2. The van der Waals surface area contributed by atoms with Gasteiger partial charge in [-0.05, 0) is 57.1 Å². The first kappa shape index (κ1) is 20.8.